The van der Waals surface area contributed by atoms with Gasteiger partial charge in [-0.05, 0) is 79.8 Å². The van der Waals surface area contributed by atoms with Gasteiger partial charge in [-0.3, -0.25) is 75.6 Å². The average molecular weight is 2330 g/mol. The number of rotatable bonds is 38. The Hall–Kier alpha value is -6.71. The van der Waals surface area contributed by atoms with Crippen LogP contribution in [0.3, 0.4) is 0 Å². The number of aromatic nitrogens is 18. The second-order valence-electron chi connectivity index (χ2n) is 34.9. The van der Waals surface area contributed by atoms with Gasteiger partial charge < -0.3 is 126 Å². The Kier molecular flexibility index (Phi) is 29.2. The van der Waals surface area contributed by atoms with Gasteiger partial charge in [-0.25, -0.2) is 69.1 Å². The number of aliphatic hydroxyl groups is 1. The summed E-state index contributed by atoms with van der Waals surface area (Å²) in [6.45, 7) is -33.6. The van der Waals surface area contributed by atoms with Gasteiger partial charge in [-0.1, -0.05) is 12.2 Å². The molecule has 9 aromatic heterocycles. The Labute approximate surface area is 844 Å². The lowest BCUT2D eigenvalue weighted by molar-refractivity contribution is -0.147. The molecule has 9 saturated heterocycles. The van der Waals surface area contributed by atoms with Crippen molar-refractivity contribution in [1.29, 1.82) is 0 Å². The second kappa shape index (κ2) is 39.1. The van der Waals surface area contributed by atoms with Gasteiger partial charge in [-0.15, -0.1) is 0 Å². The van der Waals surface area contributed by atoms with E-state index in [1.807, 2.05) is 0 Å². The molecular formula is C67H89N25O38P6S9. The van der Waals surface area contributed by atoms with E-state index in [-0.39, 0.29) is 74.2 Å². The molecule has 0 aliphatic carbocycles. The predicted molar refractivity (Wildman–Crippen MR) is 517 cm³/mol. The zero-order chi connectivity index (χ0) is 105. The van der Waals surface area contributed by atoms with Gasteiger partial charge >= 0.3 is 57.5 Å². The third kappa shape index (κ3) is 21.2. The number of ether oxygens (including phenoxy) is 6. The minimum absolute atomic E-state index is 0.0244. The van der Waals surface area contributed by atoms with Crippen LogP contribution in [0.1, 0.15) is 73.3 Å². The van der Waals surface area contributed by atoms with Crippen LogP contribution in [0.5, 0.6) is 0 Å². The Morgan fingerprint density at radius 1 is 0.455 bits per heavy atom. The van der Waals surface area contributed by atoms with Gasteiger partial charge in [0.1, 0.15) is 95.8 Å². The van der Waals surface area contributed by atoms with Crippen molar-refractivity contribution < 1.29 is 142 Å². The van der Waals surface area contributed by atoms with E-state index >= 15 is 4.57 Å². The summed E-state index contributed by atoms with van der Waals surface area (Å²) in [5.41, 5.74) is 10.1. The van der Waals surface area contributed by atoms with Crippen molar-refractivity contribution in [2.75, 3.05) is 108 Å². The summed E-state index contributed by atoms with van der Waals surface area (Å²) in [5, 5.41) is 11.2. The van der Waals surface area contributed by atoms with Crippen LogP contribution in [0.25, 0.3) is 33.5 Å². The molecule has 145 heavy (non-hydrogen) atoms. The molecule has 78 heteroatoms. The van der Waals surface area contributed by atoms with Crippen molar-refractivity contribution in [1.82, 2.24) is 100 Å². The maximum atomic E-state index is 15.9. The van der Waals surface area contributed by atoms with E-state index in [0.717, 1.165) is 94.8 Å². The normalized spacial score (nSPS) is 31.8. The fourth-order valence-electron chi connectivity index (χ4n) is 18.7. The van der Waals surface area contributed by atoms with Crippen molar-refractivity contribution in [2.45, 2.75) is 167 Å². The molecule has 9 aromatic rings. The summed E-state index contributed by atoms with van der Waals surface area (Å²) in [7, 11) is -12.5. The average Bonchev–Trinajstić information content (AvgIpc) is 1.54. The molecule has 0 aromatic carbocycles. The highest BCUT2D eigenvalue weighted by atomic mass is 32.7. The van der Waals surface area contributed by atoms with Gasteiger partial charge in [0, 0.05) is 81.3 Å². The number of H-pyrrole nitrogens is 4. The molecule has 63 nitrogen and oxygen atoms in total. The number of nitrogens with one attached hydrogen (secondary N) is 4. The Bertz CT molecular complexity index is 7880. The molecule has 0 amide bonds. The molecule has 0 spiro atoms. The van der Waals surface area contributed by atoms with Crippen LogP contribution in [-0.4, -0.2) is 330 Å². The van der Waals surface area contributed by atoms with Gasteiger partial charge in [0.2, 0.25) is 42.0 Å². The minimum Gasteiger partial charge on any atom is -0.393 e. The SMILES string of the molecule is COP(O)(=S)O[C@@H]1C[C@H](n2cc(C)c(=O)[nH]c2=O)O[C@@H]1COP(O)(=S)O[C@@H]1C[C@H](n2cc(C)c(=O)[nH]c2=O)O[C@@H]1COP(O)(=S)O[C@@H]1C[C@H](n2cnc3c(=O)[nH]c(N)nc32)O[C@@H]1COP(O)(=S)O[C@@H]1C2[C@H](n3cnc4c(N)ncnc43)O[C@@]1(COP(=O)(S)O[C@@H]1C3[C@H](n4cc(C)c(N)nc4=O)O[C@@]1(COP(O)(=S)O[C@@H]1C4[C@H](n5cnc6c(=O)[nH]c(N)nc65)O[C@@]1(CO)CN4S(C)(=O)=O)CN3S(C)(=O)=O)CN2S(C)(=O)=O. The number of hydrogen-bond donors (Lipinski definition) is 15. The number of aliphatic hydroxyl groups excluding tert-OH is 1. The molecule has 0 radical (unpaired) electrons. The maximum Gasteiger partial charge on any atom is 0.386 e. The number of nitrogens with zero attached hydrogens (tertiary/aromatic N) is 17. The van der Waals surface area contributed by atoms with Gasteiger partial charge in [0.25, 0.3) is 22.2 Å². The molecule has 9 aliphatic heterocycles. The zero-order valence-corrected chi connectivity index (χ0v) is 88.3. The first kappa shape index (κ1) is 108. The van der Waals surface area contributed by atoms with E-state index in [4.69, 9.17) is 165 Å². The van der Waals surface area contributed by atoms with Crippen LogP contribution in [0.2, 0.25) is 0 Å². The van der Waals surface area contributed by atoms with Crippen molar-refractivity contribution in [2.24, 2.45) is 0 Å². The van der Waals surface area contributed by atoms with Crippen LogP contribution in [0.15, 0.2) is 77.5 Å². The van der Waals surface area contributed by atoms with Crippen molar-refractivity contribution in [3.8, 4) is 0 Å². The largest absolute Gasteiger partial charge is 0.393 e. The van der Waals surface area contributed by atoms with Gasteiger partial charge in [-0.2, -0.15) is 27.9 Å². The van der Waals surface area contributed by atoms with Crippen LogP contribution < -0.4 is 62.2 Å². The summed E-state index contributed by atoms with van der Waals surface area (Å²) in [4.78, 5) is 194. The number of nitrogens with two attached hydrogens (primary N) is 4. The van der Waals surface area contributed by atoms with Crippen molar-refractivity contribution >= 4 is 199 Å². The molecular weight excluding hydrogens is 2240 g/mol. The first-order valence-electron chi connectivity index (χ1n) is 42.3. The van der Waals surface area contributed by atoms with Crippen molar-refractivity contribution in [3.05, 3.63) is 133 Å². The molecule has 18 heterocycles. The monoisotopic (exact) mass is 2330 g/mol. The van der Waals surface area contributed by atoms with E-state index in [9.17, 15) is 88.4 Å². The van der Waals surface area contributed by atoms with Crippen molar-refractivity contribution in [3.63, 3.8) is 0 Å². The lowest BCUT2D eigenvalue weighted by atomic mass is 10.0. The summed E-state index contributed by atoms with van der Waals surface area (Å²) in [6, 6.07) is -5.30. The van der Waals surface area contributed by atoms with E-state index in [1.165, 1.54) is 36.1 Å². The molecule has 6 bridgehead atoms. The Morgan fingerprint density at radius 2 is 0.828 bits per heavy atom. The molecule has 0 saturated carbocycles. The summed E-state index contributed by atoms with van der Waals surface area (Å²) in [5.74, 6) is -1.26. The zero-order valence-electron chi connectivity index (χ0n) is 75.5. The number of imidazole rings is 3. The number of anilines is 4. The molecule has 9 unspecified atom stereocenters. The highest BCUT2D eigenvalue weighted by Gasteiger charge is 2.73. The highest BCUT2D eigenvalue weighted by Crippen LogP contribution is 2.66. The second-order valence-corrected chi connectivity index (χ2v) is 57.6. The minimum atomic E-state index is -5.46. The Balaban J connectivity index is 0.629. The number of aryl methyl sites for hydroxylation is 3. The lowest BCUT2D eigenvalue weighted by Gasteiger charge is -2.37. The number of thiol groups is 1. The van der Waals surface area contributed by atoms with E-state index in [0.29, 0.717) is 0 Å². The quantitative estimate of drug-likeness (QED) is 0.0128. The topological polar surface area (TPSA) is 836 Å². The van der Waals surface area contributed by atoms with E-state index in [1.54, 1.807) is 0 Å². The number of hydrogen-bond acceptors (Lipinski definition) is 50. The van der Waals surface area contributed by atoms with E-state index in [2.05, 4.69) is 72.1 Å². The number of fused-ring (bicyclic) bond motifs is 9. The van der Waals surface area contributed by atoms with E-state index < -0.39 is 315 Å². The highest BCUT2D eigenvalue weighted by molar-refractivity contribution is 8.44. The third-order valence-corrected chi connectivity index (χ3v) is 38.4. The van der Waals surface area contributed by atoms with Crippen LogP contribution >= 0.6 is 52.6 Å². The fourth-order valence-corrected chi connectivity index (χ4v) is 30.4. The van der Waals surface area contributed by atoms with Crippen LogP contribution in [0.4, 0.5) is 23.5 Å². The first-order chi connectivity index (χ1) is 67.6. The third-order valence-electron chi connectivity index (χ3n) is 25.2. The van der Waals surface area contributed by atoms with Gasteiger partial charge in [0.05, 0.1) is 108 Å². The molecule has 9 fully saturated rings. The van der Waals surface area contributed by atoms with Gasteiger partial charge in [0.15, 0.2) is 52.5 Å². The predicted octanol–water partition coefficient (Wildman–Crippen LogP) is -4.54. The standard InChI is InChI=1S/C67H89N25O38P6S9/c1-27-11-86(62(98)77-48(27)68)57-43-46(66(123-57,18-91(43)144(6,109)110)21-117-135(105,141)128-45-42-59(122-65(45,20-93)17-90(42)143(5,107)108)89-26-76-41-52(89)79-61(71)81-56(41)97)130-136(106,142)118-22-67-19-92(145(7,111)112)44(58(124-67)88-25-74-39-49(69)72-23-73-50(39)88)47(67)129-134(104,140)116-16-35-32(10-38(121-35)87-24-75-40-51(87)78-60(70)80-55(40)96)127-133(103,139)115-15-34-31(9-37(120-34)85-13-29(3)54(95)83-64(85)100)126-132(102,138)114-14-33-30(125-131(101,137)113-4)8-36(119-33)84-12-28(2)53(94)82-63(84)99/h11-13,23-26,30-38,42-47,57-59,93H,8-10,14-22H2,1-7H3,(H,101,137)(H,102,138)(H,103,139)(H,104,140)(H,105,141)(H,106,142)(H2,68,77,98)(H2,69,72,73)(H,82,94,99)(H,83,95,100)(H3,70,78,80,96)(H3,71,79,81,97)/t30-,31-,32-,33-,34-,35-,36-,37-,38-,42?,43?,44?,45-,46-,47-,57-,58-,59-,65-,66-,67-,131?,132?,133?,134?,135?,136?/m1/s1. The lowest BCUT2D eigenvalue weighted by Crippen LogP contribution is -2.51. The Morgan fingerprint density at radius 3 is 1.28 bits per heavy atom. The summed E-state index contributed by atoms with van der Waals surface area (Å²) >= 11 is 32.3. The molecule has 18 N–H and O–H groups in total. The van der Waals surface area contributed by atoms with Crippen LogP contribution in [-0.2, 0) is 176 Å². The van der Waals surface area contributed by atoms with Crippen LogP contribution in [0, 0.1) is 20.8 Å². The number of sulfonamides is 3. The molecule has 18 rings (SSSR count). The number of aromatic amines is 4. The molecule has 794 valence electrons. The molecule has 9 aliphatic rings. The maximum absolute atomic E-state index is 15.9. The number of morpholine rings is 3. The molecule has 27 atom stereocenters. The summed E-state index contributed by atoms with van der Waals surface area (Å²) < 4.78 is 221. The fraction of sp³-hybridized carbons (Fsp3) is 0.597. The summed E-state index contributed by atoms with van der Waals surface area (Å²) in [6.07, 6.45) is -15.1. The number of nitrogen functional groups attached to an aromatic ring is 4. The smallest absolute Gasteiger partial charge is 0.386 e. The first-order valence-corrected chi connectivity index (χ1v) is 63.5.